The quantitative estimate of drug-likeness (QED) is 0.407. The number of carbonyl (C=O) groups is 2. The molecule has 0 unspecified atom stereocenters. The van der Waals surface area contributed by atoms with Crippen molar-refractivity contribution in [3.05, 3.63) is 0 Å². The molecule has 0 aromatic rings. The summed E-state index contributed by atoms with van der Waals surface area (Å²) in [5.74, 6) is -1.04. The molecule has 0 aliphatic heterocycles. The lowest BCUT2D eigenvalue weighted by Gasteiger charge is -2.05. The lowest BCUT2D eigenvalue weighted by atomic mass is 10.4. The van der Waals surface area contributed by atoms with E-state index in [-0.39, 0.29) is 0 Å². The molecule has 0 amide bonds. The van der Waals surface area contributed by atoms with Crippen LogP contribution in [0.25, 0.3) is 0 Å². The number of rotatable bonds is 4. The van der Waals surface area contributed by atoms with Crippen LogP contribution in [0.4, 0.5) is 0 Å². The fourth-order valence-corrected chi connectivity index (χ4v) is 0.520. The fraction of sp³-hybridized carbons (Fsp3) is 0.778. The van der Waals surface area contributed by atoms with E-state index in [1.807, 2.05) is 0 Å². The molecule has 16 heavy (non-hydrogen) atoms. The Balaban J connectivity index is 0. The number of aliphatic hydroxyl groups excluding tert-OH is 1. The van der Waals surface area contributed by atoms with E-state index < -0.39 is 24.1 Å². The number of hydrogen-bond donors (Lipinski definition) is 1. The molecular formula is C9H18O7. The number of esters is 2. The Morgan fingerprint density at radius 1 is 1.00 bits per heavy atom. The third-order valence-electron chi connectivity index (χ3n) is 1.32. The minimum absolute atomic E-state index is 0.447. The molecule has 0 aromatic heterocycles. The van der Waals surface area contributed by atoms with E-state index in [2.05, 4.69) is 19.2 Å². The molecule has 0 fully saturated rings. The van der Waals surface area contributed by atoms with Gasteiger partial charge >= 0.3 is 11.9 Å². The molecule has 96 valence electrons. The molecule has 0 aromatic carbocycles. The van der Waals surface area contributed by atoms with Crippen molar-refractivity contribution in [2.45, 2.75) is 26.1 Å². The normalized spacial score (nSPS) is 12.9. The number of hydrogen-bond acceptors (Lipinski definition) is 7. The number of methoxy groups -OCH3 is 2. The van der Waals surface area contributed by atoms with Gasteiger partial charge < -0.3 is 14.6 Å². The van der Waals surface area contributed by atoms with Gasteiger partial charge in [0.1, 0.15) is 6.10 Å². The number of ether oxygens (including phenoxy) is 2. The van der Waals surface area contributed by atoms with Crippen molar-refractivity contribution in [3.8, 4) is 0 Å². The molecule has 0 aliphatic carbocycles. The first-order valence-electron chi connectivity index (χ1n) is 4.43. The summed E-state index contributed by atoms with van der Waals surface area (Å²) in [7, 11) is 3.85. The lowest BCUT2D eigenvalue weighted by Crippen LogP contribution is -2.21. The molecule has 0 saturated carbocycles. The molecular weight excluding hydrogens is 220 g/mol. The van der Waals surface area contributed by atoms with E-state index >= 15 is 0 Å². The van der Waals surface area contributed by atoms with Crippen LogP contribution < -0.4 is 0 Å². The largest absolute Gasteiger partial charge is 0.467 e. The highest BCUT2D eigenvalue weighted by Gasteiger charge is 2.12. The van der Waals surface area contributed by atoms with E-state index in [9.17, 15) is 9.59 Å². The molecule has 1 N–H and O–H groups in total. The Morgan fingerprint density at radius 3 is 1.62 bits per heavy atom. The van der Waals surface area contributed by atoms with Crippen LogP contribution in [0, 0.1) is 0 Å². The minimum atomic E-state index is -0.995. The van der Waals surface area contributed by atoms with Crippen LogP contribution in [-0.2, 0) is 28.8 Å². The summed E-state index contributed by atoms with van der Waals surface area (Å²) in [4.78, 5) is 29.2. The van der Waals surface area contributed by atoms with Gasteiger partial charge in [-0.3, -0.25) is 0 Å². The second-order valence-corrected chi connectivity index (χ2v) is 2.63. The molecule has 7 heteroatoms. The zero-order chi connectivity index (χ0) is 13.1. The highest BCUT2D eigenvalue weighted by atomic mass is 17.2. The van der Waals surface area contributed by atoms with Crippen molar-refractivity contribution in [3.63, 3.8) is 0 Å². The predicted octanol–water partition coefficient (Wildman–Crippen LogP) is -0.334. The van der Waals surface area contributed by atoms with Gasteiger partial charge in [-0.05, 0) is 13.8 Å². The van der Waals surface area contributed by atoms with E-state index in [0.717, 1.165) is 0 Å². The Kier molecular flexibility index (Phi) is 11.1. The van der Waals surface area contributed by atoms with E-state index in [4.69, 9.17) is 5.11 Å². The topological polar surface area (TPSA) is 91.3 Å². The Labute approximate surface area is 94.2 Å². The van der Waals surface area contributed by atoms with Crippen LogP contribution in [0.15, 0.2) is 0 Å². The van der Waals surface area contributed by atoms with Gasteiger partial charge in [0, 0.05) is 0 Å². The summed E-state index contributed by atoms with van der Waals surface area (Å²) >= 11 is 0. The summed E-state index contributed by atoms with van der Waals surface area (Å²) in [6, 6.07) is 0. The lowest BCUT2D eigenvalue weighted by molar-refractivity contribution is -0.297. The first-order chi connectivity index (χ1) is 7.40. The standard InChI is InChI=1S/C5H10O4.C4H8O3/c1-4(9-8-3)5(6)7-2;1-3(5)4(6)7-2/h4H,1-3H3;3,5H,1-2H3/t4-;3-/m01/s1. The maximum atomic E-state index is 10.5. The van der Waals surface area contributed by atoms with Crippen molar-refractivity contribution in [1.29, 1.82) is 0 Å². The van der Waals surface area contributed by atoms with Crippen molar-refractivity contribution in [1.82, 2.24) is 0 Å². The summed E-state index contributed by atoms with van der Waals surface area (Å²) in [6.07, 6.45) is -1.65. The molecule has 2 atom stereocenters. The first kappa shape index (κ1) is 17.2. The average Bonchev–Trinajstić information content (AvgIpc) is 2.27. The SMILES string of the molecule is COC(=O)[C@@H](C)O.COO[C@@H](C)C(=O)OC. The van der Waals surface area contributed by atoms with Gasteiger partial charge in [0.25, 0.3) is 0 Å². The number of aliphatic hydroxyl groups is 1. The summed E-state index contributed by atoms with van der Waals surface area (Å²) in [6.45, 7) is 2.89. The maximum Gasteiger partial charge on any atom is 0.338 e. The third kappa shape index (κ3) is 9.38. The monoisotopic (exact) mass is 238 g/mol. The van der Waals surface area contributed by atoms with Crippen LogP contribution in [0.3, 0.4) is 0 Å². The zero-order valence-corrected chi connectivity index (χ0v) is 10.1. The molecule has 0 rings (SSSR count). The average molecular weight is 238 g/mol. The van der Waals surface area contributed by atoms with Gasteiger partial charge in [0.05, 0.1) is 21.3 Å². The van der Waals surface area contributed by atoms with Gasteiger partial charge in [-0.1, -0.05) is 0 Å². The van der Waals surface area contributed by atoms with Crippen LogP contribution in [0.1, 0.15) is 13.8 Å². The molecule has 0 spiro atoms. The second-order valence-electron chi connectivity index (χ2n) is 2.63. The van der Waals surface area contributed by atoms with Gasteiger partial charge in [0.2, 0.25) is 0 Å². The second kappa shape index (κ2) is 10.3. The Morgan fingerprint density at radius 2 is 1.44 bits per heavy atom. The molecule has 0 aliphatic rings. The molecule has 0 heterocycles. The fourth-order valence-electron chi connectivity index (χ4n) is 0.520. The van der Waals surface area contributed by atoms with Crippen LogP contribution >= 0.6 is 0 Å². The Hall–Kier alpha value is -1.18. The third-order valence-corrected chi connectivity index (χ3v) is 1.32. The van der Waals surface area contributed by atoms with Gasteiger partial charge in [-0.15, -0.1) is 0 Å². The van der Waals surface area contributed by atoms with Crippen molar-refractivity contribution in [2.24, 2.45) is 0 Å². The highest BCUT2D eigenvalue weighted by molar-refractivity contribution is 5.74. The first-order valence-corrected chi connectivity index (χ1v) is 4.43. The summed E-state index contributed by atoms with van der Waals surface area (Å²) in [5, 5.41) is 8.35. The van der Waals surface area contributed by atoms with E-state index in [1.54, 1.807) is 0 Å². The predicted molar refractivity (Wildman–Crippen MR) is 53.3 cm³/mol. The maximum absolute atomic E-state index is 10.5. The molecule has 7 nitrogen and oxygen atoms in total. The minimum Gasteiger partial charge on any atom is -0.467 e. The van der Waals surface area contributed by atoms with Crippen molar-refractivity contribution >= 4 is 11.9 Å². The van der Waals surface area contributed by atoms with Gasteiger partial charge in [0.15, 0.2) is 6.10 Å². The summed E-state index contributed by atoms with van der Waals surface area (Å²) < 4.78 is 8.44. The van der Waals surface area contributed by atoms with Gasteiger partial charge in [-0.2, -0.15) is 0 Å². The molecule has 0 bridgehead atoms. The molecule has 0 radical (unpaired) electrons. The van der Waals surface area contributed by atoms with Crippen LogP contribution in [0.2, 0.25) is 0 Å². The van der Waals surface area contributed by atoms with Crippen LogP contribution in [0.5, 0.6) is 0 Å². The van der Waals surface area contributed by atoms with Crippen molar-refractivity contribution in [2.75, 3.05) is 21.3 Å². The van der Waals surface area contributed by atoms with Crippen molar-refractivity contribution < 1.29 is 33.9 Å². The smallest absolute Gasteiger partial charge is 0.338 e. The van der Waals surface area contributed by atoms with E-state index in [0.29, 0.717) is 0 Å². The van der Waals surface area contributed by atoms with Crippen LogP contribution in [-0.4, -0.2) is 50.6 Å². The summed E-state index contributed by atoms with van der Waals surface area (Å²) in [5.41, 5.74) is 0. The van der Waals surface area contributed by atoms with E-state index in [1.165, 1.54) is 35.2 Å². The Bertz CT molecular complexity index is 202. The zero-order valence-electron chi connectivity index (χ0n) is 10.1. The van der Waals surface area contributed by atoms with Gasteiger partial charge in [-0.25, -0.2) is 19.4 Å². The molecule has 0 saturated heterocycles. The highest BCUT2D eigenvalue weighted by Crippen LogP contribution is 1.91. The number of carbonyl (C=O) groups excluding carboxylic acids is 2.